The Bertz CT molecular complexity index is 1350. The number of nitrogens with zero attached hydrogens (tertiary/aromatic N) is 5. The first-order valence-corrected chi connectivity index (χ1v) is 10.6. The molecule has 1 N–H and O–H groups in total. The van der Waals surface area contributed by atoms with Gasteiger partial charge in [-0.25, -0.2) is 4.98 Å². The smallest absolute Gasteiger partial charge is 0.255 e. The van der Waals surface area contributed by atoms with Crippen LogP contribution in [0.25, 0.3) is 16.9 Å². The number of hydrogen-bond acceptors (Lipinski definition) is 6. The number of nitrogens with one attached hydrogen (secondary N) is 1. The Morgan fingerprint density at radius 1 is 1.06 bits per heavy atom. The zero-order valence-electron chi connectivity index (χ0n) is 18.2. The molecule has 34 heavy (non-hydrogen) atoms. The van der Waals surface area contributed by atoms with Gasteiger partial charge in [-0.1, -0.05) is 0 Å². The molecule has 2 heterocycles. The van der Waals surface area contributed by atoms with Crippen molar-refractivity contribution >= 4 is 11.6 Å². The molecular formula is C26H20N6O2. The van der Waals surface area contributed by atoms with Crippen molar-refractivity contribution in [2.24, 2.45) is 0 Å². The number of carbonyl (C=O) groups is 1. The number of carbonyl (C=O) groups excluding carboxylic acids is 1. The molecule has 0 aliphatic rings. The van der Waals surface area contributed by atoms with Crippen LogP contribution in [0.5, 0.6) is 5.75 Å². The number of ether oxygens (including phenoxy) is 1. The predicted octanol–water partition coefficient (Wildman–Crippen LogP) is 4.74. The van der Waals surface area contributed by atoms with Crippen LogP contribution in [-0.2, 0) is 0 Å². The largest absolute Gasteiger partial charge is 0.494 e. The van der Waals surface area contributed by atoms with Crippen LogP contribution in [-0.4, -0.2) is 27.0 Å². The van der Waals surface area contributed by atoms with E-state index in [9.17, 15) is 10.1 Å². The van der Waals surface area contributed by atoms with Crippen LogP contribution < -0.4 is 10.1 Å². The van der Waals surface area contributed by atoms with E-state index >= 15 is 0 Å². The van der Waals surface area contributed by atoms with Crippen molar-refractivity contribution in [3.8, 4) is 34.8 Å². The highest BCUT2D eigenvalue weighted by atomic mass is 16.5. The number of aromatic nitrogens is 3. The highest BCUT2D eigenvalue weighted by molar-refractivity contribution is 6.04. The number of amides is 1. The standard InChI is InChI=1S/C26H20N6O2/c27-13-1-2-15-34-23-11-5-19(6-12-23)26(33)30-21-7-9-22(10-8-21)32-18-24(31-25(32)16-28)20-4-3-14-29-17-20/h3-12,14,17-18H,1-2,15H2,(H,30,33). The number of hydrogen-bond donors (Lipinski definition) is 1. The third-order valence-corrected chi connectivity index (χ3v) is 4.98. The summed E-state index contributed by atoms with van der Waals surface area (Å²) in [6.07, 6.45) is 6.27. The van der Waals surface area contributed by atoms with E-state index < -0.39 is 0 Å². The Labute approximate surface area is 196 Å². The fraction of sp³-hybridized carbons (Fsp3) is 0.115. The van der Waals surface area contributed by atoms with Gasteiger partial charge < -0.3 is 10.1 Å². The van der Waals surface area contributed by atoms with Crippen LogP contribution in [0.15, 0.2) is 79.3 Å². The van der Waals surface area contributed by atoms with E-state index in [1.807, 2.05) is 24.3 Å². The lowest BCUT2D eigenvalue weighted by atomic mass is 10.2. The number of imidazole rings is 1. The van der Waals surface area contributed by atoms with Crippen molar-refractivity contribution in [1.29, 1.82) is 10.5 Å². The molecule has 8 nitrogen and oxygen atoms in total. The number of benzene rings is 2. The molecule has 0 unspecified atom stereocenters. The summed E-state index contributed by atoms with van der Waals surface area (Å²) >= 11 is 0. The summed E-state index contributed by atoms with van der Waals surface area (Å²) in [5, 5.41) is 20.9. The minimum Gasteiger partial charge on any atom is -0.494 e. The van der Waals surface area contributed by atoms with E-state index in [2.05, 4.69) is 27.4 Å². The molecule has 0 aliphatic heterocycles. The second-order valence-corrected chi connectivity index (χ2v) is 7.31. The van der Waals surface area contributed by atoms with Crippen LogP contribution in [0.2, 0.25) is 0 Å². The summed E-state index contributed by atoms with van der Waals surface area (Å²) in [6.45, 7) is 0.458. The highest BCUT2D eigenvalue weighted by Gasteiger charge is 2.12. The first kappa shape index (κ1) is 22.3. The second kappa shape index (κ2) is 10.6. The zero-order valence-corrected chi connectivity index (χ0v) is 18.2. The van der Waals surface area contributed by atoms with Crippen LogP contribution in [0.3, 0.4) is 0 Å². The van der Waals surface area contributed by atoms with Gasteiger partial charge in [0.25, 0.3) is 5.91 Å². The van der Waals surface area contributed by atoms with Crippen molar-refractivity contribution in [2.45, 2.75) is 12.8 Å². The maximum absolute atomic E-state index is 12.6. The van der Waals surface area contributed by atoms with Crippen molar-refractivity contribution in [3.05, 3.63) is 90.6 Å². The normalized spacial score (nSPS) is 10.2. The van der Waals surface area contributed by atoms with E-state index in [1.165, 1.54) is 0 Å². The SMILES string of the molecule is N#CCCCOc1ccc(C(=O)Nc2ccc(-n3cc(-c4cccnc4)nc3C#N)cc2)cc1. The van der Waals surface area contributed by atoms with Crippen molar-refractivity contribution < 1.29 is 9.53 Å². The van der Waals surface area contributed by atoms with Gasteiger partial charge >= 0.3 is 0 Å². The summed E-state index contributed by atoms with van der Waals surface area (Å²) in [7, 11) is 0. The Hall–Kier alpha value is -4.95. The van der Waals surface area contributed by atoms with E-state index in [1.54, 1.807) is 59.6 Å². The summed E-state index contributed by atoms with van der Waals surface area (Å²) in [5.41, 5.74) is 3.34. The summed E-state index contributed by atoms with van der Waals surface area (Å²) in [5.74, 6) is 0.659. The van der Waals surface area contributed by atoms with Crippen molar-refractivity contribution in [1.82, 2.24) is 14.5 Å². The molecular weight excluding hydrogens is 428 g/mol. The Morgan fingerprint density at radius 3 is 2.53 bits per heavy atom. The molecule has 1 amide bonds. The Balaban J connectivity index is 1.42. The maximum Gasteiger partial charge on any atom is 0.255 e. The molecule has 2 aromatic carbocycles. The molecule has 0 saturated heterocycles. The predicted molar refractivity (Wildman–Crippen MR) is 126 cm³/mol. The van der Waals surface area contributed by atoms with Gasteiger partial charge in [0.1, 0.15) is 11.8 Å². The lowest BCUT2D eigenvalue weighted by Crippen LogP contribution is -2.11. The third kappa shape index (κ3) is 5.26. The lowest BCUT2D eigenvalue weighted by Gasteiger charge is -2.09. The highest BCUT2D eigenvalue weighted by Crippen LogP contribution is 2.22. The molecule has 0 fully saturated rings. The molecule has 0 radical (unpaired) electrons. The minimum atomic E-state index is -0.247. The monoisotopic (exact) mass is 448 g/mol. The number of rotatable bonds is 8. The van der Waals surface area contributed by atoms with Gasteiger partial charge in [-0.15, -0.1) is 0 Å². The molecule has 4 aromatic rings. The molecule has 0 spiro atoms. The Kier molecular flexibility index (Phi) is 6.92. The van der Waals surface area contributed by atoms with Crippen LogP contribution in [0, 0.1) is 22.7 Å². The average molecular weight is 448 g/mol. The lowest BCUT2D eigenvalue weighted by molar-refractivity contribution is 0.102. The fourth-order valence-corrected chi connectivity index (χ4v) is 3.26. The maximum atomic E-state index is 12.6. The van der Waals surface area contributed by atoms with Gasteiger partial charge in [0.2, 0.25) is 5.82 Å². The van der Waals surface area contributed by atoms with Gasteiger partial charge in [0.15, 0.2) is 0 Å². The Morgan fingerprint density at radius 2 is 1.85 bits per heavy atom. The molecule has 8 heteroatoms. The first-order valence-electron chi connectivity index (χ1n) is 10.6. The summed E-state index contributed by atoms with van der Waals surface area (Å²) in [6, 6.07) is 21.9. The minimum absolute atomic E-state index is 0.247. The number of unbranched alkanes of at least 4 members (excludes halogenated alkanes) is 1. The third-order valence-electron chi connectivity index (χ3n) is 4.98. The van der Waals surface area contributed by atoms with Crippen LogP contribution >= 0.6 is 0 Å². The quantitative estimate of drug-likeness (QED) is 0.389. The van der Waals surface area contributed by atoms with Crippen LogP contribution in [0.1, 0.15) is 29.0 Å². The first-order chi connectivity index (χ1) is 16.7. The van der Waals surface area contributed by atoms with Crippen LogP contribution in [0.4, 0.5) is 5.69 Å². The van der Waals surface area contributed by atoms with Gasteiger partial charge in [-0.3, -0.25) is 14.3 Å². The zero-order chi connectivity index (χ0) is 23.8. The van der Waals surface area contributed by atoms with Gasteiger partial charge in [0.05, 0.1) is 18.4 Å². The van der Waals surface area contributed by atoms with E-state index in [0.29, 0.717) is 42.1 Å². The molecule has 166 valence electrons. The molecule has 0 saturated carbocycles. The summed E-state index contributed by atoms with van der Waals surface area (Å²) < 4.78 is 7.25. The topological polar surface area (TPSA) is 117 Å². The van der Waals surface area contributed by atoms with Gasteiger partial charge in [0, 0.05) is 47.5 Å². The molecule has 4 rings (SSSR count). The molecule has 2 aromatic heterocycles. The van der Waals surface area contributed by atoms with E-state index in [4.69, 9.17) is 10.00 Å². The molecule has 0 bridgehead atoms. The molecule has 0 atom stereocenters. The fourth-order valence-electron chi connectivity index (χ4n) is 3.26. The average Bonchev–Trinajstić information content (AvgIpc) is 3.32. The van der Waals surface area contributed by atoms with Crippen molar-refractivity contribution in [2.75, 3.05) is 11.9 Å². The molecule has 0 aliphatic carbocycles. The number of pyridine rings is 1. The number of anilines is 1. The van der Waals surface area contributed by atoms with E-state index in [-0.39, 0.29) is 11.7 Å². The van der Waals surface area contributed by atoms with Crippen molar-refractivity contribution in [3.63, 3.8) is 0 Å². The second-order valence-electron chi connectivity index (χ2n) is 7.31. The van der Waals surface area contributed by atoms with Gasteiger partial charge in [-0.2, -0.15) is 10.5 Å². The number of nitriles is 2. The van der Waals surface area contributed by atoms with E-state index in [0.717, 1.165) is 11.3 Å². The van der Waals surface area contributed by atoms with Gasteiger partial charge in [-0.05, 0) is 67.1 Å². The summed E-state index contributed by atoms with van der Waals surface area (Å²) in [4.78, 5) is 21.1.